The van der Waals surface area contributed by atoms with E-state index < -0.39 is 12.1 Å². The summed E-state index contributed by atoms with van der Waals surface area (Å²) in [6.07, 6.45) is 0.598. The van der Waals surface area contributed by atoms with Crippen LogP contribution in [-0.2, 0) is 6.42 Å². The van der Waals surface area contributed by atoms with Gasteiger partial charge in [0.1, 0.15) is 11.6 Å². The second-order valence-electron chi connectivity index (χ2n) is 6.41. The minimum atomic E-state index is -0.693. The van der Waals surface area contributed by atoms with Gasteiger partial charge in [-0.1, -0.05) is 18.2 Å². The summed E-state index contributed by atoms with van der Waals surface area (Å²) in [7, 11) is 0. The van der Waals surface area contributed by atoms with E-state index in [1.807, 2.05) is 56.3 Å². The van der Waals surface area contributed by atoms with E-state index in [2.05, 4.69) is 0 Å². The number of urea groups is 1. The Bertz CT molecular complexity index is 832. The van der Waals surface area contributed by atoms with Crippen LogP contribution in [0.2, 0.25) is 0 Å². The van der Waals surface area contributed by atoms with Crippen LogP contribution in [0.25, 0.3) is 11.1 Å². The van der Waals surface area contributed by atoms with Crippen LogP contribution >= 0.6 is 0 Å². The number of hydrogen-bond donors (Lipinski definition) is 3. The quantitative estimate of drug-likeness (QED) is 0.801. The lowest BCUT2D eigenvalue weighted by Crippen LogP contribution is -2.52. The summed E-state index contributed by atoms with van der Waals surface area (Å²) in [5.41, 5.74) is 15.0. The van der Waals surface area contributed by atoms with Gasteiger partial charge in [0.25, 0.3) is 0 Å². The zero-order valence-electron chi connectivity index (χ0n) is 14.3. The number of carbonyl (C=O) groups excluding carboxylic acids is 1. The van der Waals surface area contributed by atoms with Crippen molar-refractivity contribution >= 4 is 17.6 Å². The van der Waals surface area contributed by atoms with Crippen molar-refractivity contribution in [2.24, 2.45) is 11.5 Å². The second-order valence-corrected chi connectivity index (χ2v) is 6.41. The van der Waals surface area contributed by atoms with Crippen LogP contribution in [-0.4, -0.2) is 24.0 Å². The van der Waals surface area contributed by atoms with E-state index in [0.29, 0.717) is 12.1 Å². The molecule has 1 aliphatic heterocycles. The summed E-state index contributed by atoms with van der Waals surface area (Å²) in [6.45, 7) is 3.97. The first-order valence-corrected chi connectivity index (χ1v) is 8.20. The normalized spacial score (nSPS) is 16.7. The highest BCUT2D eigenvalue weighted by Crippen LogP contribution is 2.33. The first kappa shape index (κ1) is 17.0. The van der Waals surface area contributed by atoms with Gasteiger partial charge in [0.15, 0.2) is 0 Å². The molecule has 2 aromatic carbocycles. The molecule has 1 aliphatic rings. The lowest BCUT2D eigenvalue weighted by Gasteiger charge is -2.32. The van der Waals surface area contributed by atoms with E-state index in [0.717, 1.165) is 22.4 Å². The van der Waals surface area contributed by atoms with Crippen LogP contribution < -0.4 is 21.1 Å². The largest absolute Gasteiger partial charge is 0.491 e. The molecule has 2 aromatic rings. The molecule has 5 N–H and O–H groups in total. The molecule has 0 bridgehead atoms. The molecule has 25 heavy (non-hydrogen) atoms. The van der Waals surface area contributed by atoms with E-state index >= 15 is 0 Å². The van der Waals surface area contributed by atoms with Crippen molar-refractivity contribution in [2.75, 3.05) is 4.90 Å². The van der Waals surface area contributed by atoms with E-state index in [1.54, 1.807) is 0 Å². The molecule has 1 heterocycles. The van der Waals surface area contributed by atoms with E-state index in [4.69, 9.17) is 21.6 Å². The van der Waals surface area contributed by atoms with E-state index in [9.17, 15) is 4.79 Å². The molecule has 0 aromatic heterocycles. The summed E-state index contributed by atoms with van der Waals surface area (Å²) in [6, 6.07) is 12.3. The molecule has 130 valence electrons. The topological polar surface area (TPSA) is 105 Å². The molecule has 0 radical (unpaired) electrons. The van der Waals surface area contributed by atoms with Gasteiger partial charge in [-0.15, -0.1) is 0 Å². The van der Waals surface area contributed by atoms with Gasteiger partial charge in [-0.25, -0.2) is 9.69 Å². The first-order chi connectivity index (χ1) is 11.9. The van der Waals surface area contributed by atoms with Gasteiger partial charge in [0, 0.05) is 0 Å². The number of carbonyl (C=O) groups is 1. The minimum Gasteiger partial charge on any atom is -0.491 e. The zero-order chi connectivity index (χ0) is 18.1. The summed E-state index contributed by atoms with van der Waals surface area (Å²) in [5.74, 6) is 0.836. The molecule has 6 heteroatoms. The fraction of sp³-hybridized carbons (Fsp3) is 0.263. The maximum absolute atomic E-state index is 11.7. The van der Waals surface area contributed by atoms with Gasteiger partial charge < -0.3 is 16.2 Å². The molecule has 3 rings (SSSR count). The van der Waals surface area contributed by atoms with Crippen LogP contribution in [0.4, 0.5) is 10.5 Å². The Balaban J connectivity index is 2.00. The second kappa shape index (κ2) is 6.57. The third-order valence-electron chi connectivity index (χ3n) is 4.11. The molecule has 0 spiro atoms. The number of ether oxygens (including phenoxy) is 1. The Morgan fingerprint density at radius 3 is 2.64 bits per heavy atom. The standard InChI is InChI=1S/C19H22N4O2/c1-11(2)25-15-5-3-4-12(9-15)13-6-7-17-14(8-13)10-16(20)18(21)23(17)19(22)24/h3-9,11,16,21H,10,20H2,1-2H3,(H2,22,24). The molecule has 0 saturated heterocycles. The Morgan fingerprint density at radius 2 is 1.96 bits per heavy atom. The molecular weight excluding hydrogens is 316 g/mol. The van der Waals surface area contributed by atoms with Crippen molar-refractivity contribution < 1.29 is 9.53 Å². The van der Waals surface area contributed by atoms with Gasteiger partial charge in [-0.2, -0.15) is 0 Å². The monoisotopic (exact) mass is 338 g/mol. The fourth-order valence-electron chi connectivity index (χ4n) is 3.03. The molecule has 2 amide bonds. The van der Waals surface area contributed by atoms with Crippen LogP contribution in [0, 0.1) is 5.41 Å². The highest BCUT2D eigenvalue weighted by molar-refractivity contribution is 6.18. The van der Waals surface area contributed by atoms with E-state index in [1.165, 1.54) is 4.90 Å². The van der Waals surface area contributed by atoms with Gasteiger partial charge in [-0.3, -0.25) is 5.41 Å². The fourth-order valence-corrected chi connectivity index (χ4v) is 3.03. The molecular formula is C19H22N4O2. The Morgan fingerprint density at radius 1 is 1.24 bits per heavy atom. The lowest BCUT2D eigenvalue weighted by molar-refractivity contribution is 0.242. The number of amidine groups is 1. The molecule has 1 atom stereocenters. The number of nitrogens with zero attached hydrogens (tertiary/aromatic N) is 1. The molecule has 6 nitrogen and oxygen atoms in total. The average Bonchev–Trinajstić information content (AvgIpc) is 2.55. The summed E-state index contributed by atoms with van der Waals surface area (Å²) < 4.78 is 5.75. The SMILES string of the molecule is CC(C)Oc1cccc(-c2ccc3c(c2)CC(N)C(=N)N3C(N)=O)c1. The summed E-state index contributed by atoms with van der Waals surface area (Å²) in [4.78, 5) is 12.9. The molecule has 0 fully saturated rings. The minimum absolute atomic E-state index is 0.0279. The Kier molecular flexibility index (Phi) is 4.46. The number of rotatable bonds is 3. The zero-order valence-corrected chi connectivity index (χ0v) is 14.3. The predicted molar refractivity (Wildman–Crippen MR) is 99.1 cm³/mol. The van der Waals surface area contributed by atoms with Crippen LogP contribution in [0.1, 0.15) is 19.4 Å². The molecule has 1 unspecified atom stereocenters. The van der Waals surface area contributed by atoms with Crippen LogP contribution in [0.3, 0.4) is 0 Å². The number of hydrogen-bond acceptors (Lipinski definition) is 4. The number of nitrogens with two attached hydrogens (primary N) is 2. The predicted octanol–water partition coefficient (Wildman–Crippen LogP) is 2.89. The summed E-state index contributed by atoms with van der Waals surface area (Å²) in [5, 5.41) is 8.01. The van der Waals surface area contributed by atoms with Gasteiger partial charge >= 0.3 is 6.03 Å². The summed E-state index contributed by atoms with van der Waals surface area (Å²) >= 11 is 0. The maximum Gasteiger partial charge on any atom is 0.324 e. The highest BCUT2D eigenvalue weighted by Gasteiger charge is 2.30. The van der Waals surface area contributed by atoms with Crippen molar-refractivity contribution in [3.8, 4) is 16.9 Å². The third-order valence-corrected chi connectivity index (χ3v) is 4.11. The highest BCUT2D eigenvalue weighted by atomic mass is 16.5. The van der Waals surface area contributed by atoms with Crippen molar-refractivity contribution in [2.45, 2.75) is 32.4 Å². The number of benzene rings is 2. The lowest BCUT2D eigenvalue weighted by atomic mass is 9.93. The van der Waals surface area contributed by atoms with Crippen molar-refractivity contribution in [1.29, 1.82) is 5.41 Å². The van der Waals surface area contributed by atoms with E-state index in [-0.39, 0.29) is 11.9 Å². The first-order valence-electron chi connectivity index (χ1n) is 8.20. The van der Waals surface area contributed by atoms with Gasteiger partial charge in [0.05, 0.1) is 17.8 Å². The maximum atomic E-state index is 11.7. The number of nitrogens with one attached hydrogen (secondary N) is 1. The smallest absolute Gasteiger partial charge is 0.324 e. The van der Waals surface area contributed by atoms with Crippen molar-refractivity contribution in [3.63, 3.8) is 0 Å². The Labute approximate surface area is 146 Å². The van der Waals surface area contributed by atoms with Crippen LogP contribution in [0.15, 0.2) is 42.5 Å². The number of fused-ring (bicyclic) bond motifs is 1. The third kappa shape index (κ3) is 3.34. The van der Waals surface area contributed by atoms with Gasteiger partial charge in [0.2, 0.25) is 0 Å². The number of amides is 2. The van der Waals surface area contributed by atoms with Crippen molar-refractivity contribution in [3.05, 3.63) is 48.0 Å². The number of primary amides is 1. The van der Waals surface area contributed by atoms with Crippen LogP contribution in [0.5, 0.6) is 5.75 Å². The van der Waals surface area contributed by atoms with Crippen molar-refractivity contribution in [1.82, 2.24) is 0 Å². The average molecular weight is 338 g/mol. The Hall–Kier alpha value is -2.86. The molecule has 0 saturated carbocycles. The number of anilines is 1. The van der Waals surface area contributed by atoms with Gasteiger partial charge in [-0.05, 0) is 61.2 Å². The molecule has 0 aliphatic carbocycles.